The first-order valence-electron chi connectivity index (χ1n) is 2.30. The van der Waals surface area contributed by atoms with Crippen molar-refractivity contribution < 1.29 is 19.1 Å². The normalized spacial score (nSPS) is 16.4. The lowest BCUT2D eigenvalue weighted by molar-refractivity contribution is -0.136. The van der Waals surface area contributed by atoms with Crippen LogP contribution >= 0.6 is 0 Å². The molecule has 0 atom stereocenters. The SMILES string of the molecule is O=COC1=CC(=O)OC1. The van der Waals surface area contributed by atoms with Crippen LogP contribution in [0.3, 0.4) is 0 Å². The number of esters is 1. The molecule has 0 aliphatic carbocycles. The molecule has 9 heavy (non-hydrogen) atoms. The largest absolute Gasteiger partial charge is 0.454 e. The Balaban J connectivity index is 2.51. The van der Waals surface area contributed by atoms with Crippen molar-refractivity contribution >= 4 is 12.4 Å². The molecule has 0 saturated heterocycles. The Labute approximate surface area is 51.1 Å². The lowest BCUT2D eigenvalue weighted by Gasteiger charge is -1.91. The van der Waals surface area contributed by atoms with Gasteiger partial charge in [-0.1, -0.05) is 0 Å². The number of carbonyl (C=O) groups excluding carboxylic acids is 2. The highest BCUT2D eigenvalue weighted by molar-refractivity contribution is 5.84. The van der Waals surface area contributed by atoms with Crippen LogP contribution in [0.2, 0.25) is 0 Å². The van der Waals surface area contributed by atoms with E-state index in [1.54, 1.807) is 0 Å². The van der Waals surface area contributed by atoms with Crippen molar-refractivity contribution in [2.75, 3.05) is 6.61 Å². The Morgan fingerprint density at radius 2 is 2.56 bits per heavy atom. The summed E-state index contributed by atoms with van der Waals surface area (Å²) in [6.07, 6.45) is 1.13. The van der Waals surface area contributed by atoms with Gasteiger partial charge in [0.1, 0.15) is 6.61 Å². The highest BCUT2D eigenvalue weighted by Crippen LogP contribution is 2.04. The van der Waals surface area contributed by atoms with Crippen LogP contribution in [-0.4, -0.2) is 19.0 Å². The van der Waals surface area contributed by atoms with E-state index >= 15 is 0 Å². The molecule has 1 aliphatic rings. The quantitative estimate of drug-likeness (QED) is 0.375. The predicted molar refractivity (Wildman–Crippen MR) is 26.2 cm³/mol. The molecule has 48 valence electrons. The van der Waals surface area contributed by atoms with Crippen molar-refractivity contribution in [3.05, 3.63) is 11.8 Å². The number of hydrogen-bond acceptors (Lipinski definition) is 4. The van der Waals surface area contributed by atoms with E-state index < -0.39 is 5.97 Å². The smallest absolute Gasteiger partial charge is 0.334 e. The maximum Gasteiger partial charge on any atom is 0.334 e. The monoisotopic (exact) mass is 128 g/mol. The summed E-state index contributed by atoms with van der Waals surface area (Å²) in [6, 6.07) is 0. The summed E-state index contributed by atoms with van der Waals surface area (Å²) in [5.74, 6) is -0.207. The molecule has 1 rings (SSSR count). The zero-order valence-electron chi connectivity index (χ0n) is 4.49. The van der Waals surface area contributed by atoms with E-state index in [0.29, 0.717) is 0 Å². The van der Waals surface area contributed by atoms with Gasteiger partial charge in [0.2, 0.25) is 0 Å². The van der Waals surface area contributed by atoms with Gasteiger partial charge in [0.05, 0.1) is 6.08 Å². The van der Waals surface area contributed by atoms with Crippen molar-refractivity contribution in [2.24, 2.45) is 0 Å². The number of carbonyl (C=O) groups is 2. The maximum absolute atomic E-state index is 10.2. The first kappa shape index (κ1) is 5.81. The lowest BCUT2D eigenvalue weighted by Crippen LogP contribution is -1.93. The molecular formula is C5H4O4. The third-order valence-electron chi connectivity index (χ3n) is 0.835. The van der Waals surface area contributed by atoms with E-state index in [9.17, 15) is 9.59 Å². The maximum atomic E-state index is 10.2. The molecule has 1 heterocycles. The van der Waals surface area contributed by atoms with E-state index in [2.05, 4.69) is 9.47 Å². The van der Waals surface area contributed by atoms with E-state index in [1.807, 2.05) is 0 Å². The average Bonchev–Trinajstić information content (AvgIpc) is 2.17. The van der Waals surface area contributed by atoms with Gasteiger partial charge in [-0.15, -0.1) is 0 Å². The van der Waals surface area contributed by atoms with Gasteiger partial charge in [-0.25, -0.2) is 4.79 Å². The number of cyclic esters (lactones) is 1. The highest BCUT2D eigenvalue weighted by atomic mass is 16.6. The molecule has 0 aromatic rings. The second kappa shape index (κ2) is 2.30. The van der Waals surface area contributed by atoms with E-state index in [4.69, 9.17) is 0 Å². The van der Waals surface area contributed by atoms with Gasteiger partial charge < -0.3 is 9.47 Å². The summed E-state index contributed by atoms with van der Waals surface area (Å²) < 4.78 is 8.71. The summed E-state index contributed by atoms with van der Waals surface area (Å²) in [4.78, 5) is 19.9. The molecule has 0 aromatic carbocycles. The van der Waals surface area contributed by atoms with Gasteiger partial charge in [-0.05, 0) is 0 Å². The molecular weight excluding hydrogens is 124 g/mol. The molecule has 0 fully saturated rings. The number of rotatable bonds is 2. The molecule has 0 spiro atoms. The van der Waals surface area contributed by atoms with E-state index in [-0.39, 0.29) is 18.8 Å². The summed E-state index contributed by atoms with van der Waals surface area (Å²) in [5.41, 5.74) is 0. The van der Waals surface area contributed by atoms with Crippen LogP contribution in [0.15, 0.2) is 11.8 Å². The van der Waals surface area contributed by atoms with E-state index in [1.165, 1.54) is 0 Å². The first-order valence-corrected chi connectivity index (χ1v) is 2.30. The van der Waals surface area contributed by atoms with Crippen molar-refractivity contribution in [2.45, 2.75) is 0 Å². The third-order valence-corrected chi connectivity index (χ3v) is 0.835. The summed E-state index contributed by atoms with van der Waals surface area (Å²) in [6.45, 7) is 0.325. The minimum atomic E-state index is -0.466. The van der Waals surface area contributed by atoms with Crippen molar-refractivity contribution in [3.63, 3.8) is 0 Å². The molecule has 4 heteroatoms. The lowest BCUT2D eigenvalue weighted by atomic mass is 10.5. The average molecular weight is 128 g/mol. The van der Waals surface area contributed by atoms with Gasteiger partial charge in [0.15, 0.2) is 5.76 Å². The Bertz CT molecular complexity index is 170. The Hall–Kier alpha value is -1.32. The fraction of sp³-hybridized carbons (Fsp3) is 0.200. The van der Waals surface area contributed by atoms with Gasteiger partial charge in [0.25, 0.3) is 6.47 Å². The second-order valence-corrected chi connectivity index (χ2v) is 1.43. The van der Waals surface area contributed by atoms with Gasteiger partial charge in [-0.3, -0.25) is 4.79 Å². The zero-order chi connectivity index (χ0) is 6.69. The van der Waals surface area contributed by atoms with Crippen LogP contribution in [-0.2, 0) is 19.1 Å². The summed E-state index contributed by atoms with van der Waals surface area (Å²) >= 11 is 0. The molecule has 0 aromatic heterocycles. The Kier molecular flexibility index (Phi) is 1.48. The standard InChI is InChI=1S/C5H4O4/c6-3-9-4-1-5(7)8-2-4/h1,3H,2H2. The van der Waals surface area contributed by atoms with Gasteiger partial charge >= 0.3 is 5.97 Å². The zero-order valence-corrected chi connectivity index (χ0v) is 4.49. The van der Waals surface area contributed by atoms with E-state index in [0.717, 1.165) is 6.08 Å². The van der Waals surface area contributed by atoms with Crippen LogP contribution in [0.4, 0.5) is 0 Å². The molecule has 0 radical (unpaired) electrons. The third kappa shape index (κ3) is 1.28. The molecule has 0 amide bonds. The predicted octanol–water partition coefficient (Wildman–Crippen LogP) is -0.400. The molecule has 0 saturated carbocycles. The number of ether oxygens (including phenoxy) is 2. The Morgan fingerprint density at radius 3 is 3.00 bits per heavy atom. The van der Waals surface area contributed by atoms with Crippen LogP contribution < -0.4 is 0 Å². The van der Waals surface area contributed by atoms with Crippen LogP contribution in [0.1, 0.15) is 0 Å². The van der Waals surface area contributed by atoms with Crippen LogP contribution in [0.5, 0.6) is 0 Å². The van der Waals surface area contributed by atoms with Crippen molar-refractivity contribution in [3.8, 4) is 0 Å². The fourth-order valence-corrected chi connectivity index (χ4v) is 0.487. The molecule has 4 nitrogen and oxygen atoms in total. The second-order valence-electron chi connectivity index (χ2n) is 1.43. The molecule has 1 aliphatic heterocycles. The minimum absolute atomic E-state index is 0.0670. The fourth-order valence-electron chi connectivity index (χ4n) is 0.487. The van der Waals surface area contributed by atoms with Crippen LogP contribution in [0.25, 0.3) is 0 Å². The molecule has 0 bridgehead atoms. The topological polar surface area (TPSA) is 52.6 Å². The summed E-state index contributed by atoms with van der Waals surface area (Å²) in [7, 11) is 0. The number of hydrogen-bond donors (Lipinski definition) is 0. The molecule has 0 unspecified atom stereocenters. The van der Waals surface area contributed by atoms with Crippen molar-refractivity contribution in [1.82, 2.24) is 0 Å². The minimum Gasteiger partial charge on any atom is -0.454 e. The van der Waals surface area contributed by atoms with Crippen molar-refractivity contribution in [1.29, 1.82) is 0 Å². The first-order chi connectivity index (χ1) is 4.33. The summed E-state index contributed by atoms with van der Waals surface area (Å²) in [5, 5.41) is 0. The Morgan fingerprint density at radius 1 is 1.78 bits per heavy atom. The van der Waals surface area contributed by atoms with Gasteiger partial charge in [0, 0.05) is 0 Å². The van der Waals surface area contributed by atoms with Gasteiger partial charge in [-0.2, -0.15) is 0 Å². The highest BCUT2D eigenvalue weighted by Gasteiger charge is 2.12. The van der Waals surface area contributed by atoms with Crippen LogP contribution in [0, 0.1) is 0 Å². The molecule has 0 N–H and O–H groups in total.